The highest BCUT2D eigenvalue weighted by Gasteiger charge is 2.12. The Labute approximate surface area is 156 Å². The number of nitrogens with one attached hydrogen (secondary N) is 1. The van der Waals surface area contributed by atoms with Crippen molar-refractivity contribution in [1.82, 2.24) is 0 Å². The van der Waals surface area contributed by atoms with Gasteiger partial charge >= 0.3 is 5.97 Å². The first kappa shape index (κ1) is 19.2. The van der Waals surface area contributed by atoms with Crippen LogP contribution in [0, 0.1) is 18.3 Å². The lowest BCUT2D eigenvalue weighted by molar-refractivity contribution is -0.112. The molecule has 1 amide bonds. The van der Waals surface area contributed by atoms with Gasteiger partial charge < -0.3 is 10.1 Å². The van der Waals surface area contributed by atoms with Crippen LogP contribution in [0.25, 0.3) is 6.08 Å². The van der Waals surface area contributed by atoms with E-state index in [9.17, 15) is 14.9 Å². The fourth-order valence-electron chi connectivity index (χ4n) is 2.18. The lowest BCUT2D eigenvalue weighted by atomic mass is 10.1. The first-order valence-electron chi connectivity index (χ1n) is 7.91. The maximum Gasteiger partial charge on any atom is 0.338 e. The fraction of sp³-hybridized carbons (Fsp3) is 0.150. The number of benzene rings is 2. The molecule has 1 N–H and O–H groups in total. The molecule has 2 aromatic carbocycles. The fourth-order valence-corrected chi connectivity index (χ4v) is 2.35. The number of nitrogens with zero attached hydrogens (tertiary/aromatic N) is 1. The highest BCUT2D eigenvalue weighted by molar-refractivity contribution is 6.31. The maximum atomic E-state index is 12.4. The van der Waals surface area contributed by atoms with Crippen LogP contribution in [0.5, 0.6) is 0 Å². The zero-order valence-corrected chi connectivity index (χ0v) is 15.1. The lowest BCUT2D eigenvalue weighted by Crippen LogP contribution is -2.14. The monoisotopic (exact) mass is 368 g/mol. The molecule has 0 aliphatic heterocycles. The van der Waals surface area contributed by atoms with Gasteiger partial charge in [-0.3, -0.25) is 4.79 Å². The zero-order chi connectivity index (χ0) is 19.1. The topological polar surface area (TPSA) is 79.2 Å². The van der Waals surface area contributed by atoms with Crippen molar-refractivity contribution in [3.63, 3.8) is 0 Å². The van der Waals surface area contributed by atoms with Gasteiger partial charge in [0.2, 0.25) is 0 Å². The molecule has 0 fully saturated rings. The molecule has 0 unspecified atom stereocenters. The summed E-state index contributed by atoms with van der Waals surface area (Å²) in [6.45, 7) is 3.80. The van der Waals surface area contributed by atoms with Crippen molar-refractivity contribution in [3.8, 4) is 6.07 Å². The molecule has 0 heterocycles. The second-order valence-corrected chi connectivity index (χ2v) is 5.79. The number of carbonyl (C=O) groups is 2. The predicted molar refractivity (Wildman–Crippen MR) is 101 cm³/mol. The molecule has 0 spiro atoms. The van der Waals surface area contributed by atoms with Gasteiger partial charge in [-0.05, 0) is 55.3 Å². The third-order valence-corrected chi connectivity index (χ3v) is 4.02. The van der Waals surface area contributed by atoms with Gasteiger partial charge in [0.05, 0.1) is 12.2 Å². The Balaban J connectivity index is 2.19. The van der Waals surface area contributed by atoms with E-state index in [0.29, 0.717) is 28.4 Å². The van der Waals surface area contributed by atoms with Crippen molar-refractivity contribution in [2.45, 2.75) is 13.8 Å². The van der Waals surface area contributed by atoms with E-state index in [-0.39, 0.29) is 5.57 Å². The summed E-state index contributed by atoms with van der Waals surface area (Å²) in [5, 5.41) is 12.5. The number of hydrogen-bond donors (Lipinski definition) is 1. The van der Waals surface area contributed by atoms with Gasteiger partial charge in [0.25, 0.3) is 5.91 Å². The van der Waals surface area contributed by atoms with E-state index >= 15 is 0 Å². The van der Waals surface area contributed by atoms with E-state index in [0.717, 1.165) is 5.56 Å². The molecular weight excluding hydrogens is 352 g/mol. The van der Waals surface area contributed by atoms with Crippen molar-refractivity contribution in [2.24, 2.45) is 0 Å². The molecule has 2 rings (SSSR count). The highest BCUT2D eigenvalue weighted by atomic mass is 35.5. The molecule has 0 bridgehead atoms. The largest absolute Gasteiger partial charge is 0.462 e. The van der Waals surface area contributed by atoms with E-state index < -0.39 is 11.9 Å². The standard InChI is InChI=1S/C20H17ClN2O3/c1-3-26-20(25)15-9-7-14(8-10-15)11-16(12-22)19(24)23-18-6-4-5-17(21)13(18)2/h4-11H,3H2,1-2H3,(H,23,24)/b16-11+. The van der Waals surface area contributed by atoms with Gasteiger partial charge in [-0.1, -0.05) is 29.8 Å². The summed E-state index contributed by atoms with van der Waals surface area (Å²) in [5.74, 6) is -0.954. The number of amides is 1. The molecule has 0 radical (unpaired) electrons. The number of carbonyl (C=O) groups excluding carboxylic acids is 2. The van der Waals surface area contributed by atoms with Crippen LogP contribution in [0.1, 0.15) is 28.4 Å². The maximum absolute atomic E-state index is 12.4. The van der Waals surface area contributed by atoms with Crippen LogP contribution in [0.4, 0.5) is 5.69 Å². The van der Waals surface area contributed by atoms with Gasteiger partial charge in [-0.15, -0.1) is 0 Å². The number of nitriles is 1. The van der Waals surface area contributed by atoms with E-state index in [1.807, 2.05) is 6.07 Å². The molecule has 0 atom stereocenters. The molecule has 2 aromatic rings. The van der Waals surface area contributed by atoms with Crippen LogP contribution in [0.15, 0.2) is 48.0 Å². The van der Waals surface area contributed by atoms with E-state index in [4.69, 9.17) is 16.3 Å². The number of halogens is 1. The lowest BCUT2D eigenvalue weighted by Gasteiger charge is -2.09. The summed E-state index contributed by atoms with van der Waals surface area (Å²) in [6.07, 6.45) is 1.45. The number of hydrogen-bond acceptors (Lipinski definition) is 4. The summed E-state index contributed by atoms with van der Waals surface area (Å²) >= 11 is 6.03. The quantitative estimate of drug-likeness (QED) is 0.482. The zero-order valence-electron chi connectivity index (χ0n) is 14.4. The third-order valence-electron chi connectivity index (χ3n) is 3.61. The summed E-state index contributed by atoms with van der Waals surface area (Å²) in [5.41, 5.74) is 2.22. The molecule has 0 aliphatic rings. The van der Waals surface area contributed by atoms with Crippen LogP contribution in [0.3, 0.4) is 0 Å². The highest BCUT2D eigenvalue weighted by Crippen LogP contribution is 2.23. The average Bonchev–Trinajstić information content (AvgIpc) is 2.64. The minimum Gasteiger partial charge on any atom is -0.462 e. The molecule has 26 heavy (non-hydrogen) atoms. The molecule has 0 aromatic heterocycles. The molecular formula is C20H17ClN2O3. The SMILES string of the molecule is CCOC(=O)c1ccc(/C=C(\C#N)C(=O)Nc2cccc(Cl)c2C)cc1. The van der Waals surface area contributed by atoms with Crippen LogP contribution in [0.2, 0.25) is 5.02 Å². The second kappa shape index (κ2) is 8.84. The Kier molecular flexibility index (Phi) is 6.54. The van der Waals surface area contributed by atoms with Crippen LogP contribution in [-0.4, -0.2) is 18.5 Å². The molecule has 0 aliphatic carbocycles. The third kappa shape index (κ3) is 4.71. The first-order chi connectivity index (χ1) is 12.5. The van der Waals surface area contributed by atoms with E-state index in [2.05, 4.69) is 5.32 Å². The van der Waals surface area contributed by atoms with Gasteiger partial charge in [0.1, 0.15) is 11.6 Å². The molecule has 132 valence electrons. The first-order valence-corrected chi connectivity index (χ1v) is 8.29. The summed E-state index contributed by atoms with van der Waals surface area (Å²) < 4.78 is 4.91. The van der Waals surface area contributed by atoms with Gasteiger partial charge in [0, 0.05) is 10.7 Å². The van der Waals surface area contributed by atoms with Gasteiger partial charge in [-0.25, -0.2) is 4.79 Å². The summed E-state index contributed by atoms with van der Waals surface area (Å²) in [7, 11) is 0. The second-order valence-electron chi connectivity index (χ2n) is 5.38. The Hall–Kier alpha value is -3.10. The summed E-state index contributed by atoms with van der Waals surface area (Å²) in [4.78, 5) is 24.0. The van der Waals surface area contributed by atoms with Gasteiger partial charge in [0.15, 0.2) is 0 Å². The smallest absolute Gasteiger partial charge is 0.338 e. The van der Waals surface area contributed by atoms with Crippen LogP contribution < -0.4 is 5.32 Å². The molecule has 0 saturated carbocycles. The summed E-state index contributed by atoms with van der Waals surface area (Å²) in [6, 6.07) is 13.5. The van der Waals surface area contributed by atoms with Gasteiger partial charge in [-0.2, -0.15) is 5.26 Å². The number of rotatable bonds is 5. The Bertz CT molecular complexity index is 896. The van der Waals surface area contributed by atoms with Crippen molar-refractivity contribution >= 4 is 35.2 Å². The van der Waals surface area contributed by atoms with Crippen molar-refractivity contribution < 1.29 is 14.3 Å². The minimum atomic E-state index is -0.535. The molecule has 6 heteroatoms. The van der Waals surface area contributed by atoms with E-state index in [1.54, 1.807) is 56.3 Å². The Morgan fingerprint density at radius 3 is 2.54 bits per heavy atom. The van der Waals surface area contributed by atoms with E-state index in [1.165, 1.54) is 6.08 Å². The normalized spacial score (nSPS) is 10.8. The minimum absolute atomic E-state index is 0.0618. The Morgan fingerprint density at radius 2 is 1.92 bits per heavy atom. The number of ether oxygens (including phenoxy) is 1. The molecule has 5 nitrogen and oxygen atoms in total. The number of anilines is 1. The van der Waals surface area contributed by atoms with Crippen LogP contribution >= 0.6 is 11.6 Å². The van der Waals surface area contributed by atoms with Crippen molar-refractivity contribution in [3.05, 3.63) is 69.8 Å². The van der Waals surface area contributed by atoms with Crippen LogP contribution in [-0.2, 0) is 9.53 Å². The van der Waals surface area contributed by atoms with Crippen molar-refractivity contribution in [2.75, 3.05) is 11.9 Å². The molecule has 0 saturated heterocycles. The van der Waals surface area contributed by atoms with Crippen molar-refractivity contribution in [1.29, 1.82) is 5.26 Å². The Morgan fingerprint density at radius 1 is 1.23 bits per heavy atom. The average molecular weight is 369 g/mol. The predicted octanol–water partition coefficient (Wildman–Crippen LogP) is 4.37. The number of esters is 1.